The van der Waals surface area contributed by atoms with E-state index in [-0.39, 0.29) is 18.8 Å². The van der Waals surface area contributed by atoms with Gasteiger partial charge in [-0.3, -0.25) is 4.90 Å². The van der Waals surface area contributed by atoms with E-state index in [0.717, 1.165) is 18.5 Å². The normalized spacial score (nSPS) is 34.3. The third kappa shape index (κ3) is 1.73. The summed E-state index contributed by atoms with van der Waals surface area (Å²) in [6.45, 7) is 1.11. The molecule has 1 aliphatic carbocycles. The van der Waals surface area contributed by atoms with E-state index in [9.17, 15) is 9.90 Å². The molecule has 0 saturated carbocycles. The first kappa shape index (κ1) is 13.4. The van der Waals surface area contributed by atoms with Crippen molar-refractivity contribution in [3.05, 3.63) is 34.9 Å². The van der Waals surface area contributed by atoms with Crippen molar-refractivity contribution in [2.75, 3.05) is 20.4 Å². The second-order valence-electron chi connectivity index (χ2n) is 6.60. The number of aliphatic hydroxyl groups is 1. The molecule has 0 bridgehead atoms. The Kier molecular flexibility index (Phi) is 2.61. The van der Waals surface area contributed by atoms with E-state index in [4.69, 9.17) is 14.2 Å². The number of rotatable bonds is 0. The van der Waals surface area contributed by atoms with Gasteiger partial charge in [-0.2, -0.15) is 0 Å². The van der Waals surface area contributed by atoms with Crippen LogP contribution in [0.1, 0.15) is 28.3 Å². The number of carbonyl (C=O) groups excluding carboxylic acids is 1. The number of esters is 1. The van der Waals surface area contributed by atoms with Crippen LogP contribution in [0.5, 0.6) is 11.5 Å². The van der Waals surface area contributed by atoms with Crippen molar-refractivity contribution in [1.82, 2.24) is 4.90 Å². The monoisotopic (exact) mass is 315 g/mol. The molecule has 120 valence electrons. The first-order valence-corrected chi connectivity index (χ1v) is 7.87. The summed E-state index contributed by atoms with van der Waals surface area (Å²) in [5.74, 6) is 0.741. The summed E-state index contributed by atoms with van der Waals surface area (Å²) in [7, 11) is 2.07. The number of fused-ring (bicyclic) bond motifs is 6. The Morgan fingerprint density at radius 1 is 1.26 bits per heavy atom. The molecule has 0 aromatic heterocycles. The molecule has 1 saturated heterocycles. The van der Waals surface area contributed by atoms with Crippen LogP contribution in [0.25, 0.3) is 0 Å². The summed E-state index contributed by atoms with van der Waals surface area (Å²) in [5, 5.41) is 10.4. The zero-order chi connectivity index (χ0) is 15.7. The summed E-state index contributed by atoms with van der Waals surface area (Å²) in [6, 6.07) is 3.74. The highest BCUT2D eigenvalue weighted by Crippen LogP contribution is 2.48. The molecule has 3 heterocycles. The fourth-order valence-corrected chi connectivity index (χ4v) is 4.36. The number of hydrogen-bond donors (Lipinski definition) is 1. The zero-order valence-corrected chi connectivity index (χ0v) is 12.7. The molecular weight excluding hydrogens is 298 g/mol. The van der Waals surface area contributed by atoms with Gasteiger partial charge in [0.2, 0.25) is 6.79 Å². The van der Waals surface area contributed by atoms with Crippen molar-refractivity contribution >= 4 is 5.97 Å². The second kappa shape index (κ2) is 4.49. The Morgan fingerprint density at radius 2 is 2.04 bits per heavy atom. The molecule has 5 rings (SSSR count). The van der Waals surface area contributed by atoms with Gasteiger partial charge in [-0.15, -0.1) is 0 Å². The van der Waals surface area contributed by atoms with Crippen molar-refractivity contribution in [2.24, 2.45) is 0 Å². The SMILES string of the molecule is CN1CCC2=C[C@@H](O)[C@@H]3OC(=O)c4cc5c(cc4[C@H]3[C@H]21)OCO5. The molecule has 23 heavy (non-hydrogen) atoms. The molecule has 0 amide bonds. The predicted molar refractivity (Wildman–Crippen MR) is 79.6 cm³/mol. The Bertz CT molecular complexity index is 743. The molecule has 0 radical (unpaired) electrons. The molecule has 3 aliphatic heterocycles. The number of benzene rings is 1. The summed E-state index contributed by atoms with van der Waals surface area (Å²) in [6.07, 6.45) is 1.49. The maximum absolute atomic E-state index is 12.4. The second-order valence-corrected chi connectivity index (χ2v) is 6.60. The van der Waals surface area contributed by atoms with Crippen molar-refractivity contribution < 1.29 is 24.1 Å². The highest BCUT2D eigenvalue weighted by Gasteiger charge is 2.50. The lowest BCUT2D eigenvalue weighted by molar-refractivity contribution is -0.0336. The van der Waals surface area contributed by atoms with E-state index in [1.165, 1.54) is 5.57 Å². The lowest BCUT2D eigenvalue weighted by Crippen LogP contribution is -2.50. The molecule has 1 fully saturated rings. The fourth-order valence-electron chi connectivity index (χ4n) is 4.36. The topological polar surface area (TPSA) is 68.2 Å². The lowest BCUT2D eigenvalue weighted by Gasteiger charge is -2.43. The molecular formula is C17H17NO5. The summed E-state index contributed by atoms with van der Waals surface area (Å²) < 4.78 is 16.4. The van der Waals surface area contributed by atoms with Gasteiger partial charge in [-0.05, 0) is 31.2 Å². The maximum Gasteiger partial charge on any atom is 0.338 e. The number of aliphatic hydroxyl groups excluding tert-OH is 1. The first-order chi connectivity index (χ1) is 11.1. The van der Waals surface area contributed by atoms with E-state index in [2.05, 4.69) is 11.9 Å². The average Bonchev–Trinajstić information content (AvgIpc) is 3.13. The molecule has 4 aliphatic rings. The third-order valence-corrected chi connectivity index (χ3v) is 5.39. The summed E-state index contributed by atoms with van der Waals surface area (Å²) >= 11 is 0. The number of likely N-dealkylation sites (N-methyl/N-ethyl adjacent to an activating group) is 1. The van der Waals surface area contributed by atoms with Crippen LogP contribution in [0.4, 0.5) is 0 Å². The van der Waals surface area contributed by atoms with Crippen LogP contribution in [0, 0.1) is 0 Å². The molecule has 0 spiro atoms. The van der Waals surface area contributed by atoms with Gasteiger partial charge in [-0.1, -0.05) is 11.6 Å². The minimum atomic E-state index is -0.764. The van der Waals surface area contributed by atoms with Crippen molar-refractivity contribution in [1.29, 1.82) is 0 Å². The smallest absolute Gasteiger partial charge is 0.338 e. The lowest BCUT2D eigenvalue weighted by atomic mass is 9.74. The van der Waals surface area contributed by atoms with Crippen LogP contribution in [0.15, 0.2) is 23.8 Å². The van der Waals surface area contributed by atoms with Crippen LogP contribution >= 0.6 is 0 Å². The van der Waals surface area contributed by atoms with Gasteiger partial charge in [0.05, 0.1) is 5.56 Å². The Labute approximate surface area is 133 Å². The zero-order valence-electron chi connectivity index (χ0n) is 12.7. The number of carbonyl (C=O) groups is 1. The van der Waals surface area contributed by atoms with Gasteiger partial charge in [0.15, 0.2) is 11.5 Å². The van der Waals surface area contributed by atoms with Gasteiger partial charge in [0, 0.05) is 18.5 Å². The maximum atomic E-state index is 12.4. The Morgan fingerprint density at radius 3 is 2.87 bits per heavy atom. The predicted octanol–water partition coefficient (Wildman–Crippen LogP) is 1.04. The molecule has 1 N–H and O–H groups in total. The van der Waals surface area contributed by atoms with Crippen molar-refractivity contribution in [2.45, 2.75) is 30.6 Å². The van der Waals surface area contributed by atoms with Crippen LogP contribution in [-0.4, -0.2) is 54.6 Å². The Balaban J connectivity index is 1.70. The number of nitrogens with zero attached hydrogens (tertiary/aromatic N) is 1. The van der Waals surface area contributed by atoms with Crippen LogP contribution < -0.4 is 9.47 Å². The number of hydrogen-bond acceptors (Lipinski definition) is 6. The average molecular weight is 315 g/mol. The molecule has 1 aromatic carbocycles. The number of likely N-dealkylation sites (tertiary alicyclic amines) is 1. The molecule has 0 unspecified atom stereocenters. The van der Waals surface area contributed by atoms with Gasteiger partial charge < -0.3 is 19.3 Å². The van der Waals surface area contributed by atoms with Crippen LogP contribution in [0.3, 0.4) is 0 Å². The minimum Gasteiger partial charge on any atom is -0.455 e. The van der Waals surface area contributed by atoms with E-state index in [1.807, 2.05) is 12.1 Å². The highest BCUT2D eigenvalue weighted by atomic mass is 16.7. The molecule has 1 aromatic rings. The van der Waals surface area contributed by atoms with E-state index in [1.54, 1.807) is 6.07 Å². The van der Waals surface area contributed by atoms with Gasteiger partial charge in [0.1, 0.15) is 12.2 Å². The van der Waals surface area contributed by atoms with Gasteiger partial charge in [-0.25, -0.2) is 4.79 Å². The first-order valence-electron chi connectivity index (χ1n) is 7.87. The molecule has 6 nitrogen and oxygen atoms in total. The summed E-state index contributed by atoms with van der Waals surface area (Å²) in [4.78, 5) is 14.7. The van der Waals surface area contributed by atoms with E-state index >= 15 is 0 Å². The molecule has 6 heteroatoms. The van der Waals surface area contributed by atoms with E-state index < -0.39 is 18.2 Å². The van der Waals surface area contributed by atoms with E-state index in [0.29, 0.717) is 17.1 Å². The van der Waals surface area contributed by atoms with Crippen LogP contribution in [-0.2, 0) is 4.74 Å². The minimum absolute atomic E-state index is 0.0836. The highest BCUT2D eigenvalue weighted by molar-refractivity contribution is 5.94. The van der Waals surface area contributed by atoms with Gasteiger partial charge in [0.25, 0.3) is 0 Å². The summed E-state index contributed by atoms with van der Waals surface area (Å²) in [5.41, 5.74) is 2.63. The molecule has 4 atom stereocenters. The Hall–Kier alpha value is -2.05. The quantitative estimate of drug-likeness (QED) is 0.570. The van der Waals surface area contributed by atoms with Crippen molar-refractivity contribution in [3.8, 4) is 11.5 Å². The largest absolute Gasteiger partial charge is 0.455 e. The van der Waals surface area contributed by atoms with Crippen LogP contribution in [0.2, 0.25) is 0 Å². The van der Waals surface area contributed by atoms with Crippen molar-refractivity contribution in [3.63, 3.8) is 0 Å². The fraction of sp³-hybridized carbons (Fsp3) is 0.471. The standard InChI is InChI=1S/C17H17NO5/c1-18-3-2-8-4-11(19)16-14(15(8)18)9-5-12-13(22-7-21-12)6-10(9)17(20)23-16/h4-6,11,14-16,19H,2-3,7H2,1H3/t11-,14+,15+,16+/m1/s1. The van der Waals surface area contributed by atoms with Gasteiger partial charge >= 0.3 is 5.97 Å². The third-order valence-electron chi connectivity index (χ3n) is 5.39. The number of ether oxygens (including phenoxy) is 3.